The van der Waals surface area contributed by atoms with Crippen LogP contribution in [0.3, 0.4) is 0 Å². The Morgan fingerprint density at radius 2 is 1.80 bits per heavy atom. The van der Waals surface area contributed by atoms with Gasteiger partial charge in [-0.25, -0.2) is 9.37 Å². The topological polar surface area (TPSA) is 107 Å². The van der Waals surface area contributed by atoms with Crippen molar-refractivity contribution in [2.24, 2.45) is 24.3 Å². The lowest BCUT2D eigenvalue weighted by atomic mass is 9.65. The molecule has 0 aliphatic carbocycles. The van der Waals surface area contributed by atoms with Gasteiger partial charge in [0.15, 0.2) is 10.8 Å². The third-order valence-electron chi connectivity index (χ3n) is 7.59. The molecule has 0 amide bonds. The first-order chi connectivity index (χ1) is 19.3. The van der Waals surface area contributed by atoms with E-state index in [9.17, 15) is 22.4 Å². The number of aryl methyl sites for hydroxylation is 2. The van der Waals surface area contributed by atoms with Crippen LogP contribution in [0.15, 0.2) is 66.1 Å². The van der Waals surface area contributed by atoms with Crippen LogP contribution in [0.1, 0.15) is 64.0 Å². The molecule has 2 aromatic carbocycles. The molecule has 4 atom stereocenters. The van der Waals surface area contributed by atoms with E-state index in [4.69, 9.17) is 4.74 Å². The van der Waals surface area contributed by atoms with E-state index in [2.05, 4.69) is 9.71 Å². The normalized spacial score (nSPS) is 20.5. The first kappa shape index (κ1) is 30.4. The van der Waals surface area contributed by atoms with Crippen LogP contribution in [0.4, 0.5) is 10.1 Å². The van der Waals surface area contributed by atoms with Gasteiger partial charge < -0.3 is 9.30 Å². The number of Topliss-reactive ketones (excluding diaryl/α,β-unsaturated/α-hetero) is 1. The molecule has 2 unspecified atom stereocenters. The molecule has 8 nitrogen and oxygen atoms in total. The summed E-state index contributed by atoms with van der Waals surface area (Å²) in [6.45, 7) is 7.84. The van der Waals surface area contributed by atoms with Crippen molar-refractivity contribution in [2.45, 2.75) is 70.4 Å². The number of hydrogen-bond donors (Lipinski definition) is 1. The number of carbonyl (C=O) groups is 2. The Kier molecular flexibility index (Phi) is 9.01. The summed E-state index contributed by atoms with van der Waals surface area (Å²) in [6, 6.07) is 13.0. The van der Waals surface area contributed by atoms with Gasteiger partial charge in [-0.05, 0) is 60.1 Å². The highest BCUT2D eigenvalue weighted by atomic mass is 32.2. The van der Waals surface area contributed by atoms with E-state index in [1.807, 2.05) is 27.7 Å². The standard InChI is InChI=1S/C31H38FN3O5S/c1-6-8-25-24(16-13-20-11-14-22(32)15-12-20)29(36)27(30(37)40-25)28(31(2,3)4)21-9-7-10-23(17-21)34-41(38,39)26-18-35(5)19-33-26/h7,9-12,14-15,17-19,24-25,27-28,34H,6,8,13,16H2,1-5H3/t24-,25-,27?,28?/m0/s1. The Labute approximate surface area is 241 Å². The second-order valence-electron chi connectivity index (χ2n) is 11.9. The fourth-order valence-corrected chi connectivity index (χ4v) is 6.74. The Bertz CT molecular complexity index is 1490. The van der Waals surface area contributed by atoms with Gasteiger partial charge >= 0.3 is 5.97 Å². The quantitative estimate of drug-likeness (QED) is 0.244. The number of anilines is 1. The van der Waals surface area contributed by atoms with Crippen LogP contribution in [0.25, 0.3) is 0 Å². The number of imidazole rings is 1. The molecule has 220 valence electrons. The van der Waals surface area contributed by atoms with E-state index in [-0.39, 0.29) is 16.6 Å². The maximum absolute atomic E-state index is 14.2. The molecule has 1 aliphatic rings. The minimum atomic E-state index is -3.94. The lowest BCUT2D eigenvalue weighted by molar-refractivity contribution is -0.174. The number of ether oxygens (including phenoxy) is 1. The molecule has 3 aromatic rings. The number of carbonyl (C=O) groups excluding carboxylic acids is 2. The molecule has 1 N–H and O–H groups in total. The molecule has 1 fully saturated rings. The van der Waals surface area contributed by atoms with Crippen molar-refractivity contribution in [1.29, 1.82) is 0 Å². The van der Waals surface area contributed by atoms with Gasteiger partial charge in [-0.3, -0.25) is 14.3 Å². The molecule has 41 heavy (non-hydrogen) atoms. The maximum atomic E-state index is 14.2. The summed E-state index contributed by atoms with van der Waals surface area (Å²) >= 11 is 0. The predicted octanol–water partition coefficient (Wildman–Crippen LogP) is 5.65. The minimum Gasteiger partial charge on any atom is -0.461 e. The molecule has 1 aliphatic heterocycles. The third-order valence-corrected chi connectivity index (χ3v) is 8.86. The number of benzene rings is 2. The van der Waals surface area contributed by atoms with Crippen molar-refractivity contribution in [3.63, 3.8) is 0 Å². The molecule has 0 spiro atoms. The van der Waals surface area contributed by atoms with Gasteiger partial charge in [0.2, 0.25) is 0 Å². The number of sulfonamides is 1. The van der Waals surface area contributed by atoms with Crippen LogP contribution >= 0.6 is 0 Å². The molecule has 10 heteroatoms. The molecule has 0 bridgehead atoms. The molecule has 1 aromatic heterocycles. The zero-order chi connectivity index (χ0) is 29.9. The van der Waals surface area contributed by atoms with Crippen molar-refractivity contribution in [3.8, 4) is 0 Å². The van der Waals surface area contributed by atoms with Crippen LogP contribution in [-0.4, -0.2) is 35.8 Å². The van der Waals surface area contributed by atoms with Crippen molar-refractivity contribution >= 4 is 27.5 Å². The number of cyclic esters (lactones) is 1. The lowest BCUT2D eigenvalue weighted by Gasteiger charge is -2.42. The second-order valence-corrected chi connectivity index (χ2v) is 13.5. The average Bonchev–Trinajstić information content (AvgIpc) is 3.34. The number of ketones is 1. The smallest absolute Gasteiger partial charge is 0.317 e. The predicted molar refractivity (Wildman–Crippen MR) is 154 cm³/mol. The summed E-state index contributed by atoms with van der Waals surface area (Å²) in [6.07, 6.45) is 4.63. The zero-order valence-electron chi connectivity index (χ0n) is 24.1. The van der Waals surface area contributed by atoms with E-state index in [1.54, 1.807) is 48.0 Å². The zero-order valence-corrected chi connectivity index (χ0v) is 24.9. The molecule has 4 rings (SSSR count). The first-order valence-electron chi connectivity index (χ1n) is 13.9. The molecule has 0 saturated carbocycles. The van der Waals surface area contributed by atoms with E-state index in [0.717, 1.165) is 12.0 Å². The molecule has 2 heterocycles. The summed E-state index contributed by atoms with van der Waals surface area (Å²) in [4.78, 5) is 31.6. The molecule has 1 saturated heterocycles. The number of nitrogens with zero attached hydrogens (tertiary/aromatic N) is 2. The summed E-state index contributed by atoms with van der Waals surface area (Å²) in [7, 11) is -2.26. The fraction of sp³-hybridized carbons (Fsp3) is 0.452. The van der Waals surface area contributed by atoms with Gasteiger partial charge in [-0.2, -0.15) is 8.42 Å². The monoisotopic (exact) mass is 583 g/mol. The van der Waals surface area contributed by atoms with Crippen molar-refractivity contribution in [2.75, 3.05) is 4.72 Å². The first-order valence-corrected chi connectivity index (χ1v) is 15.4. The number of rotatable bonds is 10. The van der Waals surface area contributed by atoms with Crippen molar-refractivity contribution in [1.82, 2.24) is 9.55 Å². The molecular formula is C31H38FN3O5S. The number of esters is 1. The van der Waals surface area contributed by atoms with Crippen molar-refractivity contribution < 1.29 is 27.1 Å². The second kappa shape index (κ2) is 12.1. The number of aromatic nitrogens is 2. The van der Waals surface area contributed by atoms with Crippen LogP contribution in [0.2, 0.25) is 0 Å². The molecular weight excluding hydrogens is 545 g/mol. The van der Waals surface area contributed by atoms with Crippen LogP contribution < -0.4 is 4.72 Å². The Morgan fingerprint density at radius 3 is 2.41 bits per heavy atom. The largest absolute Gasteiger partial charge is 0.461 e. The summed E-state index contributed by atoms with van der Waals surface area (Å²) in [5, 5.41) is -0.116. The van der Waals surface area contributed by atoms with Crippen LogP contribution in [0.5, 0.6) is 0 Å². The van der Waals surface area contributed by atoms with Gasteiger partial charge in [0.05, 0.1) is 12.2 Å². The highest BCUT2D eigenvalue weighted by molar-refractivity contribution is 7.92. The fourth-order valence-electron chi connectivity index (χ4n) is 5.70. The highest BCUT2D eigenvalue weighted by Gasteiger charge is 2.51. The van der Waals surface area contributed by atoms with Crippen molar-refractivity contribution in [3.05, 3.63) is 78.0 Å². The number of hydrogen-bond acceptors (Lipinski definition) is 6. The van der Waals surface area contributed by atoms with Gasteiger partial charge in [-0.15, -0.1) is 0 Å². The van der Waals surface area contributed by atoms with E-state index < -0.39 is 45.3 Å². The van der Waals surface area contributed by atoms with Gasteiger partial charge in [0.25, 0.3) is 10.0 Å². The summed E-state index contributed by atoms with van der Waals surface area (Å²) in [5.74, 6) is -3.16. The summed E-state index contributed by atoms with van der Waals surface area (Å²) < 4.78 is 49.3. The lowest BCUT2D eigenvalue weighted by Crippen LogP contribution is -2.50. The highest BCUT2D eigenvalue weighted by Crippen LogP contribution is 2.46. The third kappa shape index (κ3) is 7.04. The SMILES string of the molecule is CCC[C@@H]1OC(=O)C(C(c2cccc(NS(=O)(=O)c3cn(C)cn3)c2)C(C)(C)C)C(=O)[C@H]1CCc1ccc(F)cc1. The summed E-state index contributed by atoms with van der Waals surface area (Å²) in [5.41, 5.74) is 1.32. The van der Waals surface area contributed by atoms with E-state index in [1.165, 1.54) is 24.7 Å². The Morgan fingerprint density at radius 1 is 1.10 bits per heavy atom. The number of nitrogens with one attached hydrogen (secondary N) is 1. The molecule has 0 radical (unpaired) electrons. The Hall–Kier alpha value is -3.53. The minimum absolute atomic E-state index is 0.116. The maximum Gasteiger partial charge on any atom is 0.317 e. The Balaban J connectivity index is 1.65. The van der Waals surface area contributed by atoms with Gasteiger partial charge in [-0.1, -0.05) is 58.4 Å². The van der Waals surface area contributed by atoms with Gasteiger partial charge in [0.1, 0.15) is 17.8 Å². The number of halogens is 1. The average molecular weight is 584 g/mol. The van der Waals surface area contributed by atoms with E-state index in [0.29, 0.717) is 30.5 Å². The van der Waals surface area contributed by atoms with Crippen LogP contribution in [0, 0.1) is 23.1 Å². The van der Waals surface area contributed by atoms with Gasteiger partial charge in [0, 0.05) is 24.8 Å². The van der Waals surface area contributed by atoms with E-state index >= 15 is 0 Å². The van der Waals surface area contributed by atoms with Crippen LogP contribution in [-0.2, 0) is 37.8 Å².